The van der Waals surface area contributed by atoms with E-state index in [2.05, 4.69) is 42.3 Å². The van der Waals surface area contributed by atoms with E-state index in [-0.39, 0.29) is 11.9 Å². The summed E-state index contributed by atoms with van der Waals surface area (Å²) in [5, 5.41) is 3.17. The number of hydrogen-bond donors (Lipinski definition) is 1. The Morgan fingerprint density at radius 3 is 2.36 bits per heavy atom. The molecular formula is C22H22N2O. The zero-order valence-corrected chi connectivity index (χ0v) is 14.8. The van der Waals surface area contributed by atoms with Crippen molar-refractivity contribution >= 4 is 5.91 Å². The van der Waals surface area contributed by atoms with E-state index in [9.17, 15) is 4.79 Å². The maximum atomic E-state index is 12.8. The summed E-state index contributed by atoms with van der Waals surface area (Å²) in [4.78, 5) is 17.0. The molecule has 1 amide bonds. The minimum absolute atomic E-state index is 0.0882. The highest BCUT2D eigenvalue weighted by atomic mass is 16.1. The minimum Gasteiger partial charge on any atom is -0.341 e. The van der Waals surface area contributed by atoms with Crippen molar-refractivity contribution < 1.29 is 4.79 Å². The summed E-state index contributed by atoms with van der Waals surface area (Å²) < 4.78 is 0. The van der Waals surface area contributed by atoms with Gasteiger partial charge in [0.1, 0.15) is 0 Å². The highest BCUT2D eigenvalue weighted by Crippen LogP contribution is 2.26. The predicted molar refractivity (Wildman–Crippen MR) is 101 cm³/mol. The van der Waals surface area contributed by atoms with E-state index in [4.69, 9.17) is 0 Å². The number of hydrogen-bond acceptors (Lipinski definition) is 2. The molecule has 2 aromatic carbocycles. The smallest absolute Gasteiger partial charge is 0.252 e. The van der Waals surface area contributed by atoms with Crippen LogP contribution in [-0.4, -0.2) is 10.9 Å². The molecule has 126 valence electrons. The molecule has 25 heavy (non-hydrogen) atoms. The second-order valence-corrected chi connectivity index (χ2v) is 6.42. The Balaban J connectivity index is 1.98. The van der Waals surface area contributed by atoms with Gasteiger partial charge in [-0.3, -0.25) is 9.78 Å². The maximum absolute atomic E-state index is 12.8. The molecule has 3 nitrogen and oxygen atoms in total. The van der Waals surface area contributed by atoms with E-state index in [1.807, 2.05) is 49.5 Å². The monoisotopic (exact) mass is 330 g/mol. The van der Waals surface area contributed by atoms with Crippen LogP contribution in [0.2, 0.25) is 0 Å². The first-order valence-electron chi connectivity index (χ1n) is 8.39. The third-order valence-corrected chi connectivity index (χ3v) is 4.35. The van der Waals surface area contributed by atoms with Crippen LogP contribution in [0.4, 0.5) is 0 Å². The first kappa shape index (κ1) is 16.9. The Hall–Kier alpha value is -2.94. The normalized spacial score (nSPS) is 11.8. The van der Waals surface area contributed by atoms with Crippen molar-refractivity contribution in [3.63, 3.8) is 0 Å². The molecule has 0 aliphatic heterocycles. The summed E-state index contributed by atoms with van der Waals surface area (Å²) in [6.45, 7) is 6.14. The summed E-state index contributed by atoms with van der Waals surface area (Å²) in [7, 11) is 0. The maximum Gasteiger partial charge on any atom is 0.252 e. The van der Waals surface area contributed by atoms with Crippen LogP contribution in [0, 0.1) is 20.8 Å². The van der Waals surface area contributed by atoms with Gasteiger partial charge in [0.25, 0.3) is 5.91 Å². The fourth-order valence-corrected chi connectivity index (χ4v) is 2.88. The Kier molecular flexibility index (Phi) is 4.94. The number of carbonyl (C=O) groups excluding carboxylic acids is 1. The molecule has 3 rings (SSSR count). The van der Waals surface area contributed by atoms with Crippen LogP contribution in [0.5, 0.6) is 0 Å². The Labute approximate surface area is 148 Å². The second-order valence-electron chi connectivity index (χ2n) is 6.42. The molecule has 1 aromatic heterocycles. The van der Waals surface area contributed by atoms with Gasteiger partial charge in [-0.15, -0.1) is 0 Å². The number of aromatic nitrogens is 1. The van der Waals surface area contributed by atoms with Crippen LogP contribution in [0.1, 0.15) is 44.2 Å². The average molecular weight is 330 g/mol. The lowest BCUT2D eigenvalue weighted by molar-refractivity contribution is 0.0943. The number of carbonyl (C=O) groups is 1. The molecular weight excluding hydrogens is 308 g/mol. The van der Waals surface area contributed by atoms with Gasteiger partial charge in [-0.05, 0) is 55.7 Å². The van der Waals surface area contributed by atoms with Crippen molar-refractivity contribution in [3.05, 3.63) is 100 Å². The van der Waals surface area contributed by atoms with Crippen LogP contribution < -0.4 is 5.32 Å². The van der Waals surface area contributed by atoms with Gasteiger partial charge in [0.2, 0.25) is 0 Å². The lowest BCUT2D eigenvalue weighted by Gasteiger charge is -2.22. The van der Waals surface area contributed by atoms with Gasteiger partial charge in [0.05, 0.1) is 6.04 Å². The molecule has 0 spiro atoms. The van der Waals surface area contributed by atoms with Crippen molar-refractivity contribution in [2.24, 2.45) is 0 Å². The zero-order valence-electron chi connectivity index (χ0n) is 14.8. The van der Waals surface area contributed by atoms with Crippen molar-refractivity contribution in [2.75, 3.05) is 0 Å². The Morgan fingerprint density at radius 1 is 0.960 bits per heavy atom. The molecule has 0 saturated heterocycles. The van der Waals surface area contributed by atoms with Crippen LogP contribution >= 0.6 is 0 Å². The van der Waals surface area contributed by atoms with E-state index in [0.717, 1.165) is 22.3 Å². The van der Waals surface area contributed by atoms with E-state index >= 15 is 0 Å². The first-order valence-corrected chi connectivity index (χ1v) is 8.39. The lowest BCUT2D eigenvalue weighted by Crippen LogP contribution is -2.30. The Bertz CT molecular complexity index is 870. The lowest BCUT2D eigenvalue weighted by atomic mass is 9.94. The molecule has 3 heteroatoms. The Morgan fingerprint density at radius 2 is 1.68 bits per heavy atom. The summed E-state index contributed by atoms with van der Waals surface area (Å²) in [5.41, 5.74) is 6.16. The van der Waals surface area contributed by atoms with Gasteiger partial charge in [-0.1, -0.05) is 47.5 Å². The van der Waals surface area contributed by atoms with Crippen LogP contribution in [0.25, 0.3) is 0 Å². The number of nitrogens with zero attached hydrogens (tertiary/aromatic N) is 1. The van der Waals surface area contributed by atoms with Gasteiger partial charge >= 0.3 is 0 Å². The van der Waals surface area contributed by atoms with Gasteiger partial charge in [-0.2, -0.15) is 0 Å². The fraction of sp³-hybridized carbons (Fsp3) is 0.182. The van der Waals surface area contributed by atoms with Gasteiger partial charge < -0.3 is 5.32 Å². The number of rotatable bonds is 4. The molecule has 0 radical (unpaired) electrons. The van der Waals surface area contributed by atoms with Crippen molar-refractivity contribution in [2.45, 2.75) is 26.8 Å². The van der Waals surface area contributed by atoms with Gasteiger partial charge in [0.15, 0.2) is 0 Å². The van der Waals surface area contributed by atoms with E-state index in [1.165, 1.54) is 5.56 Å². The number of pyridine rings is 1. The molecule has 1 heterocycles. The summed E-state index contributed by atoms with van der Waals surface area (Å²) in [6, 6.07) is 17.6. The van der Waals surface area contributed by atoms with Crippen LogP contribution in [-0.2, 0) is 0 Å². The zero-order chi connectivity index (χ0) is 17.8. The molecule has 1 atom stereocenters. The summed E-state index contributed by atoms with van der Waals surface area (Å²) in [6.07, 6.45) is 3.55. The fourth-order valence-electron chi connectivity index (χ4n) is 2.88. The highest BCUT2D eigenvalue weighted by molar-refractivity contribution is 5.94. The second kappa shape index (κ2) is 7.31. The predicted octanol–water partition coefficient (Wildman–Crippen LogP) is 4.53. The third-order valence-electron chi connectivity index (χ3n) is 4.35. The number of benzene rings is 2. The molecule has 1 N–H and O–H groups in total. The van der Waals surface area contributed by atoms with Crippen LogP contribution in [0.15, 0.2) is 67.0 Å². The van der Waals surface area contributed by atoms with Crippen LogP contribution in [0.3, 0.4) is 0 Å². The molecule has 0 aliphatic rings. The average Bonchev–Trinajstić information content (AvgIpc) is 2.63. The quantitative estimate of drug-likeness (QED) is 0.764. The highest BCUT2D eigenvalue weighted by Gasteiger charge is 2.20. The minimum atomic E-state index is -0.234. The standard InChI is InChI=1S/C22H22N2O/c1-15-7-10-18(11-8-15)22(25)24-21(19-5-4-12-23-14-19)20-13-16(2)6-9-17(20)3/h4-14,21H,1-3H3,(H,24,25)/t21-/m1/s1. The number of nitrogens with one attached hydrogen (secondary N) is 1. The third kappa shape index (κ3) is 3.94. The van der Waals surface area contributed by atoms with Crippen molar-refractivity contribution in [3.8, 4) is 0 Å². The first-order chi connectivity index (χ1) is 12.0. The largest absolute Gasteiger partial charge is 0.341 e. The van der Waals surface area contributed by atoms with Crippen molar-refractivity contribution in [1.82, 2.24) is 10.3 Å². The SMILES string of the molecule is Cc1ccc(C(=O)N[C@H](c2cccnc2)c2cc(C)ccc2C)cc1. The molecule has 0 bridgehead atoms. The summed E-state index contributed by atoms with van der Waals surface area (Å²) in [5.74, 6) is -0.0882. The molecule has 0 unspecified atom stereocenters. The van der Waals surface area contributed by atoms with Crippen molar-refractivity contribution in [1.29, 1.82) is 0 Å². The van der Waals surface area contributed by atoms with Gasteiger partial charge in [0, 0.05) is 18.0 Å². The van der Waals surface area contributed by atoms with E-state index in [0.29, 0.717) is 5.56 Å². The van der Waals surface area contributed by atoms with E-state index in [1.54, 1.807) is 6.20 Å². The topological polar surface area (TPSA) is 42.0 Å². The molecule has 0 saturated carbocycles. The van der Waals surface area contributed by atoms with Gasteiger partial charge in [-0.25, -0.2) is 0 Å². The van der Waals surface area contributed by atoms with E-state index < -0.39 is 0 Å². The molecule has 0 fully saturated rings. The molecule has 3 aromatic rings. The summed E-state index contributed by atoms with van der Waals surface area (Å²) >= 11 is 0. The number of amides is 1. The number of aryl methyl sites for hydroxylation is 3. The molecule has 0 aliphatic carbocycles.